The molecular weight excluding hydrogens is 310 g/mol. The van der Waals surface area contributed by atoms with Crippen LogP contribution < -0.4 is 5.32 Å². The number of halogens is 1. The fraction of sp³-hybridized carbons (Fsp3) is 0.385. The van der Waals surface area contributed by atoms with Gasteiger partial charge in [-0.15, -0.1) is 11.3 Å². The van der Waals surface area contributed by atoms with Crippen molar-refractivity contribution in [3.8, 4) is 0 Å². The number of hydrogen-bond donors (Lipinski definition) is 1. The molecule has 1 aliphatic carbocycles. The highest BCUT2D eigenvalue weighted by atomic mass is 79.9. The van der Waals surface area contributed by atoms with Gasteiger partial charge in [-0.25, -0.2) is 4.98 Å². The number of thiazole rings is 1. The molecule has 0 bridgehead atoms. The van der Waals surface area contributed by atoms with Gasteiger partial charge in [-0.3, -0.25) is 4.98 Å². The maximum absolute atomic E-state index is 4.77. The number of pyridine rings is 1. The Balaban J connectivity index is 1.93. The predicted molar refractivity (Wildman–Crippen MR) is 77.0 cm³/mol. The third-order valence-electron chi connectivity index (χ3n) is 3.19. The van der Waals surface area contributed by atoms with Gasteiger partial charge in [0.15, 0.2) is 0 Å². The van der Waals surface area contributed by atoms with Crippen molar-refractivity contribution in [3.63, 3.8) is 0 Å². The smallest absolute Gasteiger partial charge is 0.116 e. The van der Waals surface area contributed by atoms with E-state index in [1.54, 1.807) is 0 Å². The highest BCUT2D eigenvalue weighted by Gasteiger charge is 2.22. The molecule has 0 amide bonds. The maximum Gasteiger partial charge on any atom is 0.116 e. The Kier molecular flexibility index (Phi) is 3.46. The van der Waals surface area contributed by atoms with E-state index >= 15 is 0 Å². The van der Waals surface area contributed by atoms with E-state index in [9.17, 15) is 0 Å². The van der Waals surface area contributed by atoms with Crippen LogP contribution in [-0.2, 0) is 12.8 Å². The number of nitrogens with zero attached hydrogens (tertiary/aromatic N) is 2. The molecule has 0 aliphatic heterocycles. The summed E-state index contributed by atoms with van der Waals surface area (Å²) in [5.41, 5.74) is 2.32. The van der Waals surface area contributed by atoms with Crippen LogP contribution in [0.2, 0.25) is 0 Å². The Morgan fingerprint density at radius 3 is 2.94 bits per heavy atom. The molecule has 5 heteroatoms. The summed E-state index contributed by atoms with van der Waals surface area (Å²) in [6.45, 7) is 0. The van der Waals surface area contributed by atoms with E-state index in [1.807, 2.05) is 36.7 Å². The molecule has 2 aromatic heterocycles. The second kappa shape index (κ2) is 5.07. The van der Waals surface area contributed by atoms with Crippen molar-refractivity contribution in [2.75, 3.05) is 7.05 Å². The molecule has 0 aromatic carbocycles. The fourth-order valence-electron chi connectivity index (χ4n) is 2.29. The van der Waals surface area contributed by atoms with E-state index in [2.05, 4.69) is 26.2 Å². The first-order chi connectivity index (χ1) is 8.78. The van der Waals surface area contributed by atoms with E-state index in [1.165, 1.54) is 23.4 Å². The minimum absolute atomic E-state index is 0.105. The molecule has 0 spiro atoms. The average Bonchev–Trinajstić information content (AvgIpc) is 2.93. The molecule has 1 N–H and O–H groups in total. The molecule has 94 valence electrons. The first kappa shape index (κ1) is 12.3. The number of aromatic nitrogens is 2. The number of aryl methyl sites for hydroxylation is 2. The van der Waals surface area contributed by atoms with Crippen molar-refractivity contribution in [3.05, 3.63) is 44.1 Å². The summed E-state index contributed by atoms with van der Waals surface area (Å²) in [5.74, 6) is 0. The summed E-state index contributed by atoms with van der Waals surface area (Å²) in [7, 11) is 1.96. The molecule has 3 nitrogen and oxygen atoms in total. The lowest BCUT2D eigenvalue weighted by atomic mass is 10.2. The topological polar surface area (TPSA) is 37.8 Å². The highest BCUT2D eigenvalue weighted by Crippen LogP contribution is 2.32. The summed E-state index contributed by atoms with van der Waals surface area (Å²) in [5, 5.41) is 4.45. The minimum atomic E-state index is 0.105. The maximum atomic E-state index is 4.77. The molecule has 0 fully saturated rings. The normalized spacial score (nSPS) is 15.7. The van der Waals surface area contributed by atoms with Gasteiger partial charge in [0.1, 0.15) is 11.0 Å². The molecule has 0 saturated heterocycles. The third-order valence-corrected chi connectivity index (χ3v) is 4.89. The molecule has 1 atom stereocenters. The van der Waals surface area contributed by atoms with Crippen LogP contribution in [-0.4, -0.2) is 17.0 Å². The van der Waals surface area contributed by atoms with Crippen LogP contribution in [0.25, 0.3) is 0 Å². The van der Waals surface area contributed by atoms with Crippen molar-refractivity contribution in [1.82, 2.24) is 15.3 Å². The standard InChI is InChI=1S/C13H14BrN3S/c1-15-12(10-6-5-8(14)7-16-10)13-17-9-3-2-4-11(9)18-13/h5-7,12,15H,2-4H2,1H3. The van der Waals surface area contributed by atoms with Crippen LogP contribution in [0, 0.1) is 0 Å². The van der Waals surface area contributed by atoms with Crippen molar-refractivity contribution in [1.29, 1.82) is 0 Å². The van der Waals surface area contributed by atoms with E-state index in [0.717, 1.165) is 21.6 Å². The summed E-state index contributed by atoms with van der Waals surface area (Å²) >= 11 is 5.24. The van der Waals surface area contributed by atoms with Crippen molar-refractivity contribution >= 4 is 27.3 Å². The zero-order valence-corrected chi connectivity index (χ0v) is 12.5. The van der Waals surface area contributed by atoms with Gasteiger partial charge in [-0.05, 0) is 54.4 Å². The van der Waals surface area contributed by atoms with Crippen LogP contribution in [0.15, 0.2) is 22.8 Å². The SMILES string of the molecule is CNC(c1ccc(Br)cn1)c1nc2c(s1)CCC2. The molecule has 1 unspecified atom stereocenters. The lowest BCUT2D eigenvalue weighted by molar-refractivity contribution is 0.663. The van der Waals surface area contributed by atoms with Crippen LogP contribution >= 0.6 is 27.3 Å². The largest absolute Gasteiger partial charge is 0.306 e. The highest BCUT2D eigenvalue weighted by molar-refractivity contribution is 9.10. The molecule has 0 saturated carbocycles. The fourth-order valence-corrected chi connectivity index (χ4v) is 3.80. The zero-order valence-electron chi connectivity index (χ0n) is 10.1. The summed E-state index contributed by atoms with van der Waals surface area (Å²) < 4.78 is 1.00. The van der Waals surface area contributed by atoms with Crippen LogP contribution in [0.1, 0.15) is 33.7 Å². The zero-order chi connectivity index (χ0) is 12.5. The molecular formula is C13H14BrN3S. The number of fused-ring (bicyclic) bond motifs is 1. The van der Waals surface area contributed by atoms with Crippen LogP contribution in [0.3, 0.4) is 0 Å². The van der Waals surface area contributed by atoms with E-state index < -0.39 is 0 Å². The van der Waals surface area contributed by atoms with E-state index in [0.29, 0.717) is 0 Å². The van der Waals surface area contributed by atoms with Crippen LogP contribution in [0.5, 0.6) is 0 Å². The molecule has 1 aliphatic rings. The van der Waals surface area contributed by atoms with E-state index in [4.69, 9.17) is 4.98 Å². The van der Waals surface area contributed by atoms with Gasteiger partial charge in [-0.1, -0.05) is 0 Å². The Morgan fingerprint density at radius 2 is 2.28 bits per heavy atom. The second-order valence-electron chi connectivity index (χ2n) is 4.40. The van der Waals surface area contributed by atoms with Crippen LogP contribution in [0.4, 0.5) is 0 Å². The van der Waals surface area contributed by atoms with Gasteiger partial charge in [0.25, 0.3) is 0 Å². The van der Waals surface area contributed by atoms with Gasteiger partial charge >= 0.3 is 0 Å². The third kappa shape index (κ3) is 2.22. The molecule has 18 heavy (non-hydrogen) atoms. The Hall–Kier alpha value is -0.780. The van der Waals surface area contributed by atoms with Crippen molar-refractivity contribution in [2.45, 2.75) is 25.3 Å². The van der Waals surface area contributed by atoms with Crippen molar-refractivity contribution < 1.29 is 0 Å². The van der Waals surface area contributed by atoms with Gasteiger partial charge in [0, 0.05) is 15.5 Å². The van der Waals surface area contributed by atoms with Gasteiger partial charge < -0.3 is 5.32 Å². The Morgan fingerprint density at radius 1 is 1.39 bits per heavy atom. The number of rotatable bonds is 3. The Bertz CT molecular complexity index is 528. The molecule has 0 radical (unpaired) electrons. The van der Waals surface area contributed by atoms with Crippen molar-refractivity contribution in [2.24, 2.45) is 0 Å². The average molecular weight is 324 g/mol. The molecule has 2 heterocycles. The monoisotopic (exact) mass is 323 g/mol. The lowest BCUT2D eigenvalue weighted by Gasteiger charge is -2.12. The predicted octanol–water partition coefficient (Wildman–Crippen LogP) is 3.10. The first-order valence-electron chi connectivity index (χ1n) is 6.05. The Labute approximate surface area is 119 Å². The number of nitrogens with one attached hydrogen (secondary N) is 1. The molecule has 2 aromatic rings. The summed E-state index contributed by atoms with van der Waals surface area (Å²) in [6.07, 6.45) is 5.42. The van der Waals surface area contributed by atoms with Gasteiger partial charge in [0.2, 0.25) is 0 Å². The lowest BCUT2D eigenvalue weighted by Crippen LogP contribution is -2.18. The van der Waals surface area contributed by atoms with E-state index in [-0.39, 0.29) is 6.04 Å². The quantitative estimate of drug-likeness (QED) is 0.943. The first-order valence-corrected chi connectivity index (χ1v) is 7.66. The minimum Gasteiger partial charge on any atom is -0.306 e. The molecule has 3 rings (SSSR count). The number of hydrogen-bond acceptors (Lipinski definition) is 4. The second-order valence-corrected chi connectivity index (χ2v) is 6.43. The summed E-state index contributed by atoms with van der Waals surface area (Å²) in [4.78, 5) is 10.7. The summed E-state index contributed by atoms with van der Waals surface area (Å²) in [6, 6.07) is 4.17. The van der Waals surface area contributed by atoms with Gasteiger partial charge in [-0.2, -0.15) is 0 Å². The van der Waals surface area contributed by atoms with Gasteiger partial charge in [0.05, 0.1) is 11.4 Å².